The molecule has 3 atom stereocenters. The van der Waals surface area contributed by atoms with Gasteiger partial charge in [-0.2, -0.15) is 0 Å². The summed E-state index contributed by atoms with van der Waals surface area (Å²) < 4.78 is 0. The van der Waals surface area contributed by atoms with Gasteiger partial charge in [0.25, 0.3) is 5.91 Å². The van der Waals surface area contributed by atoms with E-state index >= 15 is 0 Å². The van der Waals surface area contributed by atoms with Crippen molar-refractivity contribution >= 4 is 28.8 Å². The monoisotopic (exact) mass is 558 g/mol. The highest BCUT2D eigenvalue weighted by atomic mass is 32.1. The Hall–Kier alpha value is -3.16. The van der Waals surface area contributed by atoms with Gasteiger partial charge in [-0.3, -0.25) is 14.5 Å². The van der Waals surface area contributed by atoms with Gasteiger partial charge in [-0.25, -0.2) is 0 Å². The number of piperazine rings is 1. The summed E-state index contributed by atoms with van der Waals surface area (Å²) in [6, 6.07) is 20.6. The molecule has 3 unspecified atom stereocenters. The van der Waals surface area contributed by atoms with Gasteiger partial charge in [-0.15, -0.1) is 11.3 Å². The maximum Gasteiger partial charge on any atom is 0.254 e. The molecule has 0 bridgehead atoms. The molecule has 0 spiro atoms. The van der Waals surface area contributed by atoms with Gasteiger partial charge in [0.15, 0.2) is 0 Å². The molecule has 7 heteroatoms. The number of benzene rings is 2. The molecule has 2 aromatic carbocycles. The quantitative estimate of drug-likeness (QED) is 0.342. The Labute approximate surface area is 243 Å². The van der Waals surface area contributed by atoms with Crippen LogP contribution in [0.4, 0.5) is 5.69 Å². The first-order valence-electron chi connectivity index (χ1n) is 14.6. The Morgan fingerprint density at radius 1 is 1.07 bits per heavy atom. The largest absolute Gasteiger partial charge is 0.366 e. The number of carbonyl (C=O) groups is 2. The molecule has 0 saturated carbocycles. The molecule has 5 rings (SSSR count). The molecule has 1 fully saturated rings. The molecule has 6 nitrogen and oxygen atoms in total. The third-order valence-corrected chi connectivity index (χ3v) is 9.06. The summed E-state index contributed by atoms with van der Waals surface area (Å²) in [4.78, 5) is 35.5. The number of amides is 2. The van der Waals surface area contributed by atoms with Crippen molar-refractivity contribution in [1.82, 2.24) is 15.1 Å². The van der Waals surface area contributed by atoms with E-state index in [-0.39, 0.29) is 17.9 Å². The minimum Gasteiger partial charge on any atom is -0.366 e. The average molecular weight is 559 g/mol. The van der Waals surface area contributed by atoms with E-state index in [0.29, 0.717) is 30.6 Å². The summed E-state index contributed by atoms with van der Waals surface area (Å²) in [5.41, 5.74) is 4.08. The second kappa shape index (κ2) is 12.6. The molecule has 1 aromatic heterocycles. The highest BCUT2D eigenvalue weighted by Gasteiger charge is 2.44. The number of nitrogens with one attached hydrogen (secondary N) is 1. The minimum absolute atomic E-state index is 0.00439. The molecule has 3 heterocycles. The summed E-state index contributed by atoms with van der Waals surface area (Å²) in [7, 11) is 0. The van der Waals surface area contributed by atoms with Crippen LogP contribution in [0.2, 0.25) is 0 Å². The summed E-state index contributed by atoms with van der Waals surface area (Å²) in [5.74, 6) is -0.103. The van der Waals surface area contributed by atoms with Crippen molar-refractivity contribution in [2.75, 3.05) is 44.2 Å². The van der Waals surface area contributed by atoms with Gasteiger partial charge in [0.1, 0.15) is 0 Å². The summed E-state index contributed by atoms with van der Waals surface area (Å²) in [6.07, 6.45) is 0.898. The molecule has 2 amide bonds. The maximum absolute atomic E-state index is 13.9. The molecule has 40 heavy (non-hydrogen) atoms. The lowest BCUT2D eigenvalue weighted by Gasteiger charge is -2.42. The van der Waals surface area contributed by atoms with Gasteiger partial charge >= 0.3 is 0 Å². The van der Waals surface area contributed by atoms with Crippen LogP contribution in [-0.4, -0.2) is 66.9 Å². The number of aryl methyl sites for hydroxylation is 1. The zero-order valence-electron chi connectivity index (χ0n) is 24.2. The molecule has 0 aliphatic carbocycles. The van der Waals surface area contributed by atoms with Crippen molar-refractivity contribution in [3.63, 3.8) is 0 Å². The predicted molar refractivity (Wildman–Crippen MR) is 164 cm³/mol. The topological polar surface area (TPSA) is 55.9 Å². The van der Waals surface area contributed by atoms with Crippen molar-refractivity contribution < 1.29 is 9.59 Å². The molecule has 2 aliphatic rings. The number of hydrogen-bond donors (Lipinski definition) is 1. The smallest absolute Gasteiger partial charge is 0.254 e. The van der Waals surface area contributed by atoms with Crippen LogP contribution < -0.4 is 10.2 Å². The number of thiophene rings is 1. The first-order valence-corrected chi connectivity index (χ1v) is 15.5. The van der Waals surface area contributed by atoms with E-state index in [4.69, 9.17) is 0 Å². The Morgan fingerprint density at radius 2 is 1.90 bits per heavy atom. The molecule has 2 aliphatic heterocycles. The fourth-order valence-corrected chi connectivity index (χ4v) is 7.17. The lowest BCUT2D eigenvalue weighted by molar-refractivity contribution is -0.124. The second-order valence-electron chi connectivity index (χ2n) is 11.7. The highest BCUT2D eigenvalue weighted by molar-refractivity contribution is 7.10. The Balaban J connectivity index is 1.23. The van der Waals surface area contributed by atoms with Crippen molar-refractivity contribution in [2.45, 2.75) is 52.1 Å². The number of carbonyl (C=O) groups excluding carboxylic acids is 2. The number of nitrogens with zero attached hydrogens (tertiary/aromatic N) is 3. The summed E-state index contributed by atoms with van der Waals surface area (Å²) in [6.45, 7) is 13.9. The normalized spacial score (nSPS) is 21.5. The predicted octanol–water partition coefficient (Wildman–Crippen LogP) is 5.71. The maximum atomic E-state index is 13.9. The summed E-state index contributed by atoms with van der Waals surface area (Å²) in [5, 5.41) is 5.29. The second-order valence-corrected chi connectivity index (χ2v) is 12.7. The van der Waals surface area contributed by atoms with Crippen molar-refractivity contribution in [2.24, 2.45) is 5.92 Å². The van der Waals surface area contributed by atoms with E-state index in [1.165, 1.54) is 11.3 Å². The molecule has 3 aromatic rings. The highest BCUT2D eigenvalue weighted by Crippen LogP contribution is 2.44. The van der Waals surface area contributed by atoms with Crippen LogP contribution in [0.3, 0.4) is 0 Å². The number of hydrogen-bond acceptors (Lipinski definition) is 5. The van der Waals surface area contributed by atoms with E-state index in [0.717, 1.165) is 43.0 Å². The van der Waals surface area contributed by atoms with Crippen molar-refractivity contribution in [1.29, 1.82) is 0 Å². The van der Waals surface area contributed by atoms with Crippen LogP contribution >= 0.6 is 11.3 Å². The van der Waals surface area contributed by atoms with E-state index < -0.39 is 5.92 Å². The Bertz CT molecular complexity index is 1310. The van der Waals surface area contributed by atoms with Gasteiger partial charge in [0, 0.05) is 54.9 Å². The number of anilines is 1. The lowest BCUT2D eigenvalue weighted by atomic mass is 9.81. The number of fused-ring (bicyclic) bond motifs is 1. The molecular weight excluding hydrogens is 516 g/mol. The van der Waals surface area contributed by atoms with Crippen molar-refractivity contribution in [3.05, 3.63) is 87.6 Å². The first kappa shape index (κ1) is 28.4. The van der Waals surface area contributed by atoms with E-state index in [1.54, 1.807) is 11.3 Å². The molecule has 1 N–H and O–H groups in total. The van der Waals surface area contributed by atoms with Gasteiger partial charge in [0.05, 0.1) is 12.0 Å². The number of rotatable bonds is 9. The average Bonchev–Trinajstić information content (AvgIpc) is 3.47. The zero-order chi connectivity index (χ0) is 28.2. The minimum atomic E-state index is -0.427. The van der Waals surface area contributed by atoms with Crippen LogP contribution in [0, 0.1) is 12.8 Å². The lowest BCUT2D eigenvalue weighted by Crippen LogP contribution is -2.52. The van der Waals surface area contributed by atoms with Crippen LogP contribution in [0.5, 0.6) is 0 Å². The van der Waals surface area contributed by atoms with E-state index in [1.807, 2.05) is 40.6 Å². The Kier molecular flexibility index (Phi) is 8.91. The van der Waals surface area contributed by atoms with Crippen LogP contribution in [0.15, 0.2) is 66.0 Å². The van der Waals surface area contributed by atoms with Gasteiger partial charge in [-0.05, 0) is 73.5 Å². The fourth-order valence-electron chi connectivity index (χ4n) is 6.30. The first-order chi connectivity index (χ1) is 19.3. The van der Waals surface area contributed by atoms with Crippen molar-refractivity contribution in [3.8, 4) is 0 Å². The van der Waals surface area contributed by atoms with Gasteiger partial charge in [0.2, 0.25) is 5.91 Å². The summed E-state index contributed by atoms with van der Waals surface area (Å²) >= 11 is 1.62. The van der Waals surface area contributed by atoms with E-state index in [2.05, 4.69) is 73.1 Å². The third kappa shape index (κ3) is 6.11. The SMILES string of the molecule is Cc1cccc(N2CCN(CCCNC(=O)C3c4ccccc4C(=O)N(CC(C)C)C3c3cccs3)CC2C)c1. The zero-order valence-corrected chi connectivity index (χ0v) is 25.0. The van der Waals surface area contributed by atoms with E-state index in [9.17, 15) is 9.59 Å². The van der Waals surface area contributed by atoms with Crippen LogP contribution in [-0.2, 0) is 4.79 Å². The fraction of sp³-hybridized carbons (Fsp3) is 0.455. The Morgan fingerprint density at radius 3 is 2.62 bits per heavy atom. The van der Waals surface area contributed by atoms with Gasteiger partial charge < -0.3 is 15.1 Å². The molecule has 0 radical (unpaired) electrons. The molecule has 1 saturated heterocycles. The third-order valence-electron chi connectivity index (χ3n) is 8.11. The molecular formula is C33H42N4O2S. The van der Waals surface area contributed by atoms with Crippen LogP contribution in [0.1, 0.15) is 65.5 Å². The standard InChI is InChI=1S/C33H42N4O2S/c1-23(2)21-37-31(29-14-8-19-40-29)30(27-12-5-6-13-28(27)33(37)39)32(38)34-15-9-16-35-17-18-36(25(4)22-35)26-11-7-10-24(3)20-26/h5-8,10-14,19-20,23,25,30-31H,9,15-18,21-22H2,1-4H3,(H,34,38). The molecule has 212 valence electrons. The van der Waals surface area contributed by atoms with Gasteiger partial charge in [-0.1, -0.05) is 50.2 Å². The van der Waals surface area contributed by atoms with Crippen LogP contribution in [0.25, 0.3) is 0 Å².